The molecule has 2 amide bonds. The summed E-state index contributed by atoms with van der Waals surface area (Å²) in [6, 6.07) is 30.0. The van der Waals surface area contributed by atoms with Crippen molar-refractivity contribution in [2.45, 2.75) is 26.4 Å². The van der Waals surface area contributed by atoms with Crippen LogP contribution in [0, 0.1) is 5.82 Å². The van der Waals surface area contributed by atoms with E-state index < -0.39 is 0 Å². The van der Waals surface area contributed by atoms with E-state index in [0.29, 0.717) is 40.6 Å². The van der Waals surface area contributed by atoms with E-state index in [1.807, 2.05) is 49.4 Å². The standard InChI is InChI=1S/C35H31FN2O4/c1-2-20-37(35(41)28-16-14-27(15-17-28)26-8-4-3-5-9-26)23-33(39)38(21-25-12-18-30(36)19-13-25)22-29-24-42-32-11-7-6-10-31(32)34(29)40/h3-19,24H,2,20-23H2,1H3. The Bertz CT molecular complexity index is 1730. The van der Waals surface area contributed by atoms with Gasteiger partial charge in [0.25, 0.3) is 5.91 Å². The lowest BCUT2D eigenvalue weighted by Crippen LogP contribution is -2.43. The third-order valence-corrected chi connectivity index (χ3v) is 7.10. The summed E-state index contributed by atoms with van der Waals surface area (Å²) in [6.45, 7) is 2.26. The van der Waals surface area contributed by atoms with Gasteiger partial charge in [-0.05, 0) is 59.5 Å². The molecule has 0 aliphatic carbocycles. The fraction of sp³-hybridized carbons (Fsp3) is 0.171. The molecule has 5 aromatic rings. The Morgan fingerprint density at radius 1 is 0.762 bits per heavy atom. The van der Waals surface area contributed by atoms with Gasteiger partial charge in [-0.2, -0.15) is 0 Å². The number of rotatable bonds is 10. The van der Waals surface area contributed by atoms with E-state index >= 15 is 0 Å². The van der Waals surface area contributed by atoms with Crippen LogP contribution < -0.4 is 5.43 Å². The van der Waals surface area contributed by atoms with Gasteiger partial charge in [-0.15, -0.1) is 0 Å². The van der Waals surface area contributed by atoms with Gasteiger partial charge in [0.1, 0.15) is 17.9 Å². The Balaban J connectivity index is 1.39. The Kier molecular flexibility index (Phi) is 8.87. The van der Waals surface area contributed by atoms with Crippen LogP contribution in [0.5, 0.6) is 0 Å². The molecule has 6 nitrogen and oxygen atoms in total. The van der Waals surface area contributed by atoms with Crippen molar-refractivity contribution < 1.29 is 18.4 Å². The van der Waals surface area contributed by atoms with Gasteiger partial charge in [-0.25, -0.2) is 4.39 Å². The number of carbonyl (C=O) groups excluding carboxylic acids is 2. The molecular formula is C35H31FN2O4. The molecule has 0 aliphatic heterocycles. The van der Waals surface area contributed by atoms with Crippen LogP contribution in [0.25, 0.3) is 22.1 Å². The fourth-order valence-corrected chi connectivity index (χ4v) is 4.88. The lowest BCUT2D eigenvalue weighted by atomic mass is 10.0. The first-order valence-electron chi connectivity index (χ1n) is 13.9. The summed E-state index contributed by atoms with van der Waals surface area (Å²) in [6.07, 6.45) is 2.03. The van der Waals surface area contributed by atoms with E-state index in [4.69, 9.17) is 4.42 Å². The number of halogens is 1. The highest BCUT2D eigenvalue weighted by atomic mass is 19.1. The molecule has 0 fully saturated rings. The van der Waals surface area contributed by atoms with Crippen LogP contribution in [0.2, 0.25) is 0 Å². The maximum Gasteiger partial charge on any atom is 0.254 e. The molecule has 0 N–H and O–H groups in total. The summed E-state index contributed by atoms with van der Waals surface area (Å²) in [5, 5.41) is 0.422. The average Bonchev–Trinajstić information content (AvgIpc) is 3.03. The van der Waals surface area contributed by atoms with Crippen molar-refractivity contribution in [2.24, 2.45) is 0 Å². The second-order valence-corrected chi connectivity index (χ2v) is 10.1. The summed E-state index contributed by atoms with van der Waals surface area (Å²) in [4.78, 5) is 43.6. The lowest BCUT2D eigenvalue weighted by Gasteiger charge is -2.28. The number of hydrogen-bond acceptors (Lipinski definition) is 4. The fourth-order valence-electron chi connectivity index (χ4n) is 4.88. The number of benzene rings is 4. The summed E-state index contributed by atoms with van der Waals surface area (Å²) >= 11 is 0. The van der Waals surface area contributed by atoms with Gasteiger partial charge in [-0.3, -0.25) is 14.4 Å². The number of fused-ring (bicyclic) bond motifs is 1. The molecule has 42 heavy (non-hydrogen) atoms. The second kappa shape index (κ2) is 13.1. The third-order valence-electron chi connectivity index (χ3n) is 7.10. The molecule has 5 rings (SSSR count). The first-order chi connectivity index (χ1) is 20.4. The molecule has 1 aromatic heterocycles. The molecule has 0 radical (unpaired) electrons. The smallest absolute Gasteiger partial charge is 0.254 e. The molecule has 0 aliphatic rings. The van der Waals surface area contributed by atoms with Crippen LogP contribution >= 0.6 is 0 Å². The highest BCUT2D eigenvalue weighted by Gasteiger charge is 2.24. The van der Waals surface area contributed by atoms with Gasteiger partial charge >= 0.3 is 0 Å². The van der Waals surface area contributed by atoms with Crippen LogP contribution in [-0.4, -0.2) is 34.7 Å². The average molecular weight is 563 g/mol. The number of amides is 2. The van der Waals surface area contributed by atoms with Crippen molar-refractivity contribution >= 4 is 22.8 Å². The zero-order chi connectivity index (χ0) is 29.5. The van der Waals surface area contributed by atoms with Crippen molar-refractivity contribution in [1.29, 1.82) is 0 Å². The molecule has 7 heteroatoms. The molecule has 0 saturated carbocycles. The number of para-hydroxylation sites is 1. The van der Waals surface area contributed by atoms with Crippen LogP contribution in [0.4, 0.5) is 4.39 Å². The van der Waals surface area contributed by atoms with E-state index in [9.17, 15) is 18.8 Å². The molecule has 0 bridgehead atoms. The maximum absolute atomic E-state index is 13.8. The van der Waals surface area contributed by atoms with E-state index in [2.05, 4.69) is 0 Å². The van der Waals surface area contributed by atoms with Crippen LogP contribution in [0.15, 0.2) is 119 Å². The van der Waals surface area contributed by atoms with Crippen LogP contribution in [-0.2, 0) is 17.9 Å². The van der Waals surface area contributed by atoms with Gasteiger partial charge in [-0.1, -0.05) is 73.7 Å². The molecule has 0 saturated heterocycles. The first kappa shape index (κ1) is 28.5. The minimum atomic E-state index is -0.384. The maximum atomic E-state index is 13.8. The zero-order valence-electron chi connectivity index (χ0n) is 23.3. The quantitative estimate of drug-likeness (QED) is 0.190. The van der Waals surface area contributed by atoms with E-state index in [1.165, 1.54) is 28.2 Å². The highest BCUT2D eigenvalue weighted by Crippen LogP contribution is 2.20. The minimum absolute atomic E-state index is 0.0245. The third kappa shape index (κ3) is 6.63. The van der Waals surface area contributed by atoms with Crippen molar-refractivity contribution in [2.75, 3.05) is 13.1 Å². The monoisotopic (exact) mass is 562 g/mol. The predicted molar refractivity (Wildman–Crippen MR) is 161 cm³/mol. The Morgan fingerprint density at radius 2 is 1.43 bits per heavy atom. The Labute approximate surface area is 243 Å². The second-order valence-electron chi connectivity index (χ2n) is 10.1. The molecule has 0 spiro atoms. The number of hydrogen-bond donors (Lipinski definition) is 0. The van der Waals surface area contributed by atoms with Crippen molar-refractivity contribution in [1.82, 2.24) is 9.80 Å². The van der Waals surface area contributed by atoms with Crippen LogP contribution in [0.1, 0.15) is 34.8 Å². The highest BCUT2D eigenvalue weighted by molar-refractivity contribution is 5.97. The molecule has 0 atom stereocenters. The van der Waals surface area contributed by atoms with Gasteiger partial charge in [0.2, 0.25) is 5.91 Å². The van der Waals surface area contributed by atoms with Gasteiger partial charge in [0.15, 0.2) is 5.43 Å². The molecular weight excluding hydrogens is 531 g/mol. The SMILES string of the molecule is CCCN(CC(=O)N(Cc1ccc(F)cc1)Cc1coc2ccccc2c1=O)C(=O)c1ccc(-c2ccccc2)cc1. The van der Waals surface area contributed by atoms with Crippen molar-refractivity contribution in [3.05, 3.63) is 142 Å². The van der Waals surface area contributed by atoms with Gasteiger partial charge in [0.05, 0.1) is 23.8 Å². The summed E-state index contributed by atoms with van der Waals surface area (Å²) in [5.74, 6) is -0.976. The minimum Gasteiger partial charge on any atom is -0.464 e. The van der Waals surface area contributed by atoms with Gasteiger partial charge in [0, 0.05) is 18.7 Å². The summed E-state index contributed by atoms with van der Waals surface area (Å²) in [7, 11) is 0. The zero-order valence-corrected chi connectivity index (χ0v) is 23.3. The normalized spacial score (nSPS) is 10.9. The van der Waals surface area contributed by atoms with Crippen molar-refractivity contribution in [3.8, 4) is 11.1 Å². The predicted octanol–water partition coefficient (Wildman–Crippen LogP) is 6.68. The topological polar surface area (TPSA) is 70.8 Å². The molecule has 212 valence electrons. The largest absolute Gasteiger partial charge is 0.464 e. The molecule has 4 aromatic carbocycles. The molecule has 0 unspecified atom stereocenters. The van der Waals surface area contributed by atoms with Crippen molar-refractivity contribution in [3.63, 3.8) is 0 Å². The Morgan fingerprint density at radius 3 is 2.14 bits per heavy atom. The lowest BCUT2D eigenvalue weighted by molar-refractivity contribution is -0.133. The summed E-state index contributed by atoms with van der Waals surface area (Å²) in [5.41, 5.74) is 3.76. The molecule has 1 heterocycles. The summed E-state index contributed by atoms with van der Waals surface area (Å²) < 4.78 is 19.3. The first-order valence-corrected chi connectivity index (χ1v) is 13.9. The van der Waals surface area contributed by atoms with Crippen LogP contribution in [0.3, 0.4) is 0 Å². The van der Waals surface area contributed by atoms with E-state index in [0.717, 1.165) is 11.1 Å². The van der Waals surface area contributed by atoms with E-state index in [-0.39, 0.29) is 42.7 Å². The Hall–Kier alpha value is -5.04. The van der Waals surface area contributed by atoms with Gasteiger partial charge < -0.3 is 14.2 Å². The number of nitrogens with zero attached hydrogens (tertiary/aromatic N) is 2. The number of carbonyl (C=O) groups is 2. The van der Waals surface area contributed by atoms with E-state index in [1.54, 1.807) is 48.5 Å².